The molecule has 0 bridgehead atoms. The van der Waals surface area contributed by atoms with Crippen LogP contribution in [-0.4, -0.2) is 64.9 Å². The molecule has 8 heteroatoms. The maximum absolute atomic E-state index is 12.5. The first-order chi connectivity index (χ1) is 17.1. The fourth-order valence-corrected chi connectivity index (χ4v) is 3.95. The van der Waals surface area contributed by atoms with E-state index < -0.39 is 0 Å². The number of benzene rings is 2. The van der Waals surface area contributed by atoms with Crippen molar-refractivity contribution in [2.45, 2.75) is 20.3 Å². The normalized spacial score (nSPS) is 15.6. The van der Waals surface area contributed by atoms with Gasteiger partial charge in [-0.25, -0.2) is 9.59 Å². The summed E-state index contributed by atoms with van der Waals surface area (Å²) in [6, 6.07) is 15.9. The van der Waals surface area contributed by atoms with Gasteiger partial charge in [0.05, 0.1) is 26.4 Å². The van der Waals surface area contributed by atoms with Gasteiger partial charge in [0, 0.05) is 36.3 Å². The van der Waals surface area contributed by atoms with Crippen molar-refractivity contribution < 1.29 is 28.5 Å². The van der Waals surface area contributed by atoms with Crippen LogP contribution in [0.2, 0.25) is 0 Å². The average molecular weight is 483 g/mol. The highest BCUT2D eigenvalue weighted by molar-refractivity contribution is 5.88. The third-order valence-corrected chi connectivity index (χ3v) is 6.28. The van der Waals surface area contributed by atoms with E-state index in [1.54, 1.807) is 9.80 Å². The lowest BCUT2D eigenvalue weighted by molar-refractivity contribution is -0.0574. The third-order valence-electron chi connectivity index (χ3n) is 6.28. The lowest BCUT2D eigenvalue weighted by Gasteiger charge is -2.27. The van der Waals surface area contributed by atoms with Gasteiger partial charge in [0.1, 0.15) is 13.2 Å². The standard InChI is InChI=1S/C27H34N2O6/c1-3-28(26(30)34-18-22-14-32-15-22)24-9-5-20(6-10-24)13-21-7-11-25(12-8-21)29(4-2)27(31)35-19-23-16-33-17-23/h5-12,22-23H,3-4,13-19H2,1-2H3. The molecule has 2 amide bonds. The summed E-state index contributed by atoms with van der Waals surface area (Å²) in [5.41, 5.74) is 3.89. The van der Waals surface area contributed by atoms with Gasteiger partial charge in [-0.3, -0.25) is 9.80 Å². The quantitative estimate of drug-likeness (QED) is 0.496. The number of carbonyl (C=O) groups excluding carboxylic acids is 2. The molecule has 2 aliphatic rings. The molecule has 0 aliphatic carbocycles. The lowest BCUT2D eigenvalue weighted by Crippen LogP contribution is -2.37. The van der Waals surface area contributed by atoms with Gasteiger partial charge in [0.25, 0.3) is 0 Å². The molecule has 35 heavy (non-hydrogen) atoms. The van der Waals surface area contributed by atoms with Crippen LogP contribution in [0, 0.1) is 11.8 Å². The number of hydrogen-bond donors (Lipinski definition) is 0. The van der Waals surface area contributed by atoms with Crippen LogP contribution in [0.4, 0.5) is 21.0 Å². The molecule has 2 aromatic carbocycles. The molecule has 4 rings (SSSR count). The van der Waals surface area contributed by atoms with Gasteiger partial charge in [-0.2, -0.15) is 0 Å². The van der Waals surface area contributed by atoms with Crippen molar-refractivity contribution >= 4 is 23.6 Å². The Balaban J connectivity index is 1.31. The number of hydrogen-bond acceptors (Lipinski definition) is 6. The maximum Gasteiger partial charge on any atom is 0.414 e. The first kappa shape index (κ1) is 25.0. The molecule has 0 atom stereocenters. The molecule has 2 aliphatic heterocycles. The van der Waals surface area contributed by atoms with E-state index in [0.29, 0.717) is 64.6 Å². The van der Waals surface area contributed by atoms with Crippen molar-refractivity contribution in [2.75, 3.05) is 62.5 Å². The average Bonchev–Trinajstić information content (AvgIpc) is 2.80. The van der Waals surface area contributed by atoms with Crippen LogP contribution in [-0.2, 0) is 25.4 Å². The maximum atomic E-state index is 12.5. The number of anilines is 2. The van der Waals surface area contributed by atoms with Crippen LogP contribution in [0.3, 0.4) is 0 Å². The highest BCUT2D eigenvalue weighted by Crippen LogP contribution is 2.22. The van der Waals surface area contributed by atoms with Crippen LogP contribution in [0.5, 0.6) is 0 Å². The number of nitrogens with zero attached hydrogens (tertiary/aromatic N) is 2. The first-order valence-corrected chi connectivity index (χ1v) is 12.3. The molecule has 0 spiro atoms. The second-order valence-corrected chi connectivity index (χ2v) is 8.96. The summed E-state index contributed by atoms with van der Waals surface area (Å²) >= 11 is 0. The van der Waals surface area contributed by atoms with E-state index in [-0.39, 0.29) is 12.2 Å². The molecule has 0 saturated carbocycles. The van der Waals surface area contributed by atoms with Gasteiger partial charge >= 0.3 is 12.2 Å². The van der Waals surface area contributed by atoms with E-state index in [1.807, 2.05) is 62.4 Å². The van der Waals surface area contributed by atoms with E-state index in [9.17, 15) is 9.59 Å². The number of amides is 2. The van der Waals surface area contributed by atoms with E-state index in [0.717, 1.165) is 28.9 Å². The molecular formula is C27H34N2O6. The molecule has 8 nitrogen and oxygen atoms in total. The predicted molar refractivity (Wildman–Crippen MR) is 133 cm³/mol. The summed E-state index contributed by atoms with van der Waals surface area (Å²) in [6.07, 6.45) is 0.0855. The van der Waals surface area contributed by atoms with Gasteiger partial charge in [0.2, 0.25) is 0 Å². The molecule has 2 saturated heterocycles. The Morgan fingerprint density at radius 1 is 0.714 bits per heavy atom. The topological polar surface area (TPSA) is 77.5 Å². The van der Waals surface area contributed by atoms with E-state index in [4.69, 9.17) is 18.9 Å². The zero-order valence-corrected chi connectivity index (χ0v) is 20.5. The molecule has 0 radical (unpaired) electrons. The Morgan fingerprint density at radius 3 is 1.37 bits per heavy atom. The summed E-state index contributed by atoms with van der Waals surface area (Å²) in [5.74, 6) is 0.618. The molecule has 0 unspecified atom stereocenters. The van der Waals surface area contributed by atoms with Gasteiger partial charge in [-0.1, -0.05) is 24.3 Å². The van der Waals surface area contributed by atoms with E-state index in [2.05, 4.69) is 0 Å². The van der Waals surface area contributed by atoms with E-state index >= 15 is 0 Å². The minimum absolute atomic E-state index is 0.309. The van der Waals surface area contributed by atoms with Crippen molar-refractivity contribution in [3.8, 4) is 0 Å². The lowest BCUT2D eigenvalue weighted by atomic mass is 10.0. The fourth-order valence-electron chi connectivity index (χ4n) is 3.95. The van der Waals surface area contributed by atoms with Crippen LogP contribution in [0.15, 0.2) is 48.5 Å². The Bertz CT molecular complexity index is 891. The Labute approximate surface area is 206 Å². The van der Waals surface area contributed by atoms with Crippen molar-refractivity contribution in [1.82, 2.24) is 0 Å². The molecular weight excluding hydrogens is 448 g/mol. The van der Waals surface area contributed by atoms with E-state index in [1.165, 1.54) is 0 Å². The molecule has 188 valence electrons. The molecule has 2 aromatic rings. The van der Waals surface area contributed by atoms with Crippen LogP contribution < -0.4 is 9.80 Å². The number of ether oxygens (including phenoxy) is 4. The molecule has 2 heterocycles. The Morgan fingerprint density at radius 2 is 1.09 bits per heavy atom. The minimum atomic E-state index is -0.331. The first-order valence-electron chi connectivity index (χ1n) is 12.3. The fraction of sp³-hybridized carbons (Fsp3) is 0.481. The summed E-state index contributed by atoms with van der Waals surface area (Å²) in [5, 5.41) is 0. The predicted octanol–water partition coefficient (Wildman–Crippen LogP) is 4.50. The van der Waals surface area contributed by atoms with Crippen molar-refractivity contribution in [2.24, 2.45) is 11.8 Å². The van der Waals surface area contributed by atoms with Gasteiger partial charge in [-0.15, -0.1) is 0 Å². The second kappa shape index (κ2) is 12.0. The van der Waals surface area contributed by atoms with Crippen LogP contribution in [0.1, 0.15) is 25.0 Å². The van der Waals surface area contributed by atoms with Crippen molar-refractivity contribution in [3.63, 3.8) is 0 Å². The summed E-state index contributed by atoms with van der Waals surface area (Å²) in [4.78, 5) is 28.2. The molecule has 0 N–H and O–H groups in total. The zero-order chi connectivity index (χ0) is 24.6. The van der Waals surface area contributed by atoms with Crippen molar-refractivity contribution in [3.05, 3.63) is 59.7 Å². The largest absolute Gasteiger partial charge is 0.449 e. The van der Waals surface area contributed by atoms with Crippen molar-refractivity contribution in [1.29, 1.82) is 0 Å². The third kappa shape index (κ3) is 6.52. The van der Waals surface area contributed by atoms with Gasteiger partial charge in [0.15, 0.2) is 0 Å². The SMILES string of the molecule is CCN(C(=O)OCC1COC1)c1ccc(Cc2ccc(N(CC)C(=O)OCC3COC3)cc2)cc1. The number of rotatable bonds is 10. The van der Waals surface area contributed by atoms with Crippen LogP contribution >= 0.6 is 0 Å². The minimum Gasteiger partial charge on any atom is -0.449 e. The highest BCUT2D eigenvalue weighted by atomic mass is 16.6. The highest BCUT2D eigenvalue weighted by Gasteiger charge is 2.24. The van der Waals surface area contributed by atoms with Gasteiger partial charge < -0.3 is 18.9 Å². The molecule has 0 aromatic heterocycles. The molecule has 2 fully saturated rings. The summed E-state index contributed by atoms with van der Waals surface area (Å²) in [7, 11) is 0. The number of carbonyl (C=O) groups is 2. The Hall–Kier alpha value is -3.10. The monoisotopic (exact) mass is 482 g/mol. The Kier molecular flexibility index (Phi) is 8.60. The zero-order valence-electron chi connectivity index (χ0n) is 20.5. The summed E-state index contributed by atoms with van der Waals surface area (Å²) in [6.45, 7) is 8.35. The smallest absolute Gasteiger partial charge is 0.414 e. The second-order valence-electron chi connectivity index (χ2n) is 8.96. The summed E-state index contributed by atoms with van der Waals surface area (Å²) < 4.78 is 21.1. The van der Waals surface area contributed by atoms with Gasteiger partial charge in [-0.05, 0) is 55.7 Å². The van der Waals surface area contributed by atoms with Crippen LogP contribution in [0.25, 0.3) is 0 Å².